The molecule has 8 heteroatoms. The van der Waals surface area contributed by atoms with Gasteiger partial charge in [0.1, 0.15) is 0 Å². The van der Waals surface area contributed by atoms with E-state index in [1.165, 1.54) is 34.0 Å². The molecule has 0 bridgehead atoms. The first-order chi connectivity index (χ1) is 14.6. The number of rotatable bonds is 5. The molecule has 3 atom stereocenters. The fourth-order valence-electron chi connectivity index (χ4n) is 3.87. The van der Waals surface area contributed by atoms with Gasteiger partial charge in [-0.05, 0) is 46.0 Å². The molecule has 0 fully saturated rings. The maximum absolute atomic E-state index is 11.8. The van der Waals surface area contributed by atoms with Gasteiger partial charge in [-0.25, -0.2) is 0 Å². The van der Waals surface area contributed by atoms with Gasteiger partial charge in [0.15, 0.2) is 0 Å². The topological polar surface area (TPSA) is 105 Å². The lowest BCUT2D eigenvalue weighted by molar-refractivity contribution is -0.160. The summed E-state index contributed by atoms with van der Waals surface area (Å²) in [5.41, 5.74) is 1.65. The van der Waals surface area contributed by atoms with Gasteiger partial charge in [-0.2, -0.15) is 0 Å². The zero-order valence-corrected chi connectivity index (χ0v) is 19.3. The Bertz CT molecular complexity index is 736. The van der Waals surface area contributed by atoms with Crippen molar-refractivity contribution < 1.29 is 38.1 Å². The predicted molar refractivity (Wildman–Crippen MR) is 113 cm³/mol. The summed E-state index contributed by atoms with van der Waals surface area (Å²) in [4.78, 5) is 46.1. The normalized spacial score (nSPS) is 25.0. The standard InChI is InChI=1S/C12H18O4.C11H16O4/c1-9-4-6-12(7-5-9,11(14)16-3)8-10(13)15-2;1-7-4-5-8(10(12)14-2)9(6-7)11(13)15-3/h4H,5-8H2,1-3H3;4,8-9H,5-6H2,1-3H3. The average Bonchev–Trinajstić information content (AvgIpc) is 2.79. The van der Waals surface area contributed by atoms with Crippen molar-refractivity contribution in [3.63, 3.8) is 0 Å². The predicted octanol–water partition coefficient (Wildman–Crippen LogP) is 3.14. The molecule has 0 radical (unpaired) electrons. The zero-order chi connectivity index (χ0) is 23.6. The molecule has 0 aliphatic heterocycles. The molecule has 0 aromatic carbocycles. The first-order valence-electron chi connectivity index (χ1n) is 10.3. The fraction of sp³-hybridized carbons (Fsp3) is 0.652. The highest BCUT2D eigenvalue weighted by atomic mass is 16.5. The SMILES string of the molecule is COC(=O)C1CC=C(C)CC1C(=O)OC.COC(=O)CC1(C(=O)OC)CC=C(C)CC1. The second-order valence-corrected chi connectivity index (χ2v) is 8.03. The Morgan fingerprint density at radius 2 is 1.48 bits per heavy atom. The maximum atomic E-state index is 11.8. The number of ether oxygens (including phenoxy) is 4. The lowest BCUT2D eigenvalue weighted by Crippen LogP contribution is -2.36. The summed E-state index contributed by atoms with van der Waals surface area (Å²) in [6.45, 7) is 3.97. The second kappa shape index (κ2) is 12.3. The first-order valence-corrected chi connectivity index (χ1v) is 10.3. The summed E-state index contributed by atoms with van der Waals surface area (Å²) in [5, 5.41) is 0. The van der Waals surface area contributed by atoms with E-state index in [1.807, 2.05) is 26.0 Å². The van der Waals surface area contributed by atoms with E-state index < -0.39 is 17.3 Å². The van der Waals surface area contributed by atoms with Crippen LogP contribution in [0, 0.1) is 17.3 Å². The number of hydrogen-bond donors (Lipinski definition) is 0. The van der Waals surface area contributed by atoms with E-state index in [0.29, 0.717) is 25.7 Å². The lowest BCUT2D eigenvalue weighted by atomic mass is 9.73. The monoisotopic (exact) mass is 438 g/mol. The number of hydrogen-bond acceptors (Lipinski definition) is 8. The van der Waals surface area contributed by atoms with Gasteiger partial charge < -0.3 is 18.9 Å². The zero-order valence-electron chi connectivity index (χ0n) is 19.3. The van der Waals surface area contributed by atoms with Crippen LogP contribution in [0.5, 0.6) is 0 Å². The van der Waals surface area contributed by atoms with Crippen molar-refractivity contribution in [3.8, 4) is 0 Å². The van der Waals surface area contributed by atoms with Crippen LogP contribution in [0.25, 0.3) is 0 Å². The Labute approximate surface area is 183 Å². The van der Waals surface area contributed by atoms with Crippen LogP contribution < -0.4 is 0 Å². The molecular weight excluding hydrogens is 404 g/mol. The van der Waals surface area contributed by atoms with E-state index in [2.05, 4.69) is 14.2 Å². The van der Waals surface area contributed by atoms with Crippen LogP contribution in [0.15, 0.2) is 23.3 Å². The molecular formula is C23H34O8. The van der Waals surface area contributed by atoms with Crippen LogP contribution in [0.1, 0.15) is 52.4 Å². The molecule has 0 heterocycles. The van der Waals surface area contributed by atoms with Gasteiger partial charge in [-0.15, -0.1) is 0 Å². The summed E-state index contributed by atoms with van der Waals surface area (Å²) in [6.07, 6.45) is 7.23. The minimum Gasteiger partial charge on any atom is -0.469 e. The van der Waals surface area contributed by atoms with Gasteiger partial charge in [-0.1, -0.05) is 23.3 Å². The summed E-state index contributed by atoms with van der Waals surface area (Å²) in [6, 6.07) is 0. The summed E-state index contributed by atoms with van der Waals surface area (Å²) in [7, 11) is 5.36. The highest BCUT2D eigenvalue weighted by Crippen LogP contribution is 2.39. The molecule has 2 rings (SSSR count). The summed E-state index contributed by atoms with van der Waals surface area (Å²) >= 11 is 0. The fourth-order valence-corrected chi connectivity index (χ4v) is 3.87. The molecule has 0 saturated heterocycles. The third-order valence-corrected chi connectivity index (χ3v) is 5.92. The molecule has 31 heavy (non-hydrogen) atoms. The van der Waals surface area contributed by atoms with Crippen molar-refractivity contribution in [1.82, 2.24) is 0 Å². The van der Waals surface area contributed by atoms with Crippen LogP contribution in [0.3, 0.4) is 0 Å². The van der Waals surface area contributed by atoms with Gasteiger partial charge >= 0.3 is 23.9 Å². The number of carbonyl (C=O) groups is 4. The molecule has 0 N–H and O–H groups in total. The van der Waals surface area contributed by atoms with E-state index in [1.54, 1.807) is 0 Å². The van der Waals surface area contributed by atoms with Gasteiger partial charge in [0.05, 0.1) is 52.1 Å². The minimum absolute atomic E-state index is 0.0972. The minimum atomic E-state index is -0.721. The molecule has 0 aromatic heterocycles. The summed E-state index contributed by atoms with van der Waals surface area (Å²) in [5.74, 6) is -2.15. The Kier molecular flexibility index (Phi) is 10.4. The Balaban J connectivity index is 0.000000311. The number of carbonyl (C=O) groups excluding carboxylic acids is 4. The Morgan fingerprint density at radius 3 is 1.97 bits per heavy atom. The molecule has 174 valence electrons. The third kappa shape index (κ3) is 7.22. The van der Waals surface area contributed by atoms with Crippen LogP contribution in [-0.4, -0.2) is 52.3 Å². The third-order valence-electron chi connectivity index (χ3n) is 5.92. The van der Waals surface area contributed by atoms with Crippen molar-refractivity contribution in [2.75, 3.05) is 28.4 Å². The molecule has 2 aliphatic rings. The van der Waals surface area contributed by atoms with E-state index in [0.717, 1.165) is 12.0 Å². The van der Waals surface area contributed by atoms with Crippen molar-refractivity contribution in [2.45, 2.75) is 52.4 Å². The van der Waals surface area contributed by atoms with E-state index in [9.17, 15) is 19.2 Å². The highest BCUT2D eigenvalue weighted by molar-refractivity contribution is 5.84. The van der Waals surface area contributed by atoms with E-state index in [4.69, 9.17) is 4.74 Å². The number of methoxy groups -OCH3 is 4. The van der Waals surface area contributed by atoms with Crippen LogP contribution in [-0.2, 0) is 38.1 Å². The van der Waals surface area contributed by atoms with Crippen molar-refractivity contribution in [3.05, 3.63) is 23.3 Å². The Hall–Kier alpha value is -2.64. The van der Waals surface area contributed by atoms with Gasteiger partial charge in [0, 0.05) is 0 Å². The van der Waals surface area contributed by atoms with Crippen LogP contribution in [0.2, 0.25) is 0 Å². The molecule has 3 unspecified atom stereocenters. The van der Waals surface area contributed by atoms with Gasteiger partial charge in [0.25, 0.3) is 0 Å². The molecule has 0 amide bonds. The Morgan fingerprint density at radius 1 is 0.871 bits per heavy atom. The van der Waals surface area contributed by atoms with E-state index in [-0.39, 0.29) is 30.3 Å². The molecule has 0 aromatic rings. The summed E-state index contributed by atoms with van der Waals surface area (Å²) < 4.78 is 18.8. The van der Waals surface area contributed by atoms with E-state index >= 15 is 0 Å². The van der Waals surface area contributed by atoms with Crippen LogP contribution in [0.4, 0.5) is 0 Å². The van der Waals surface area contributed by atoms with Gasteiger partial charge in [0.2, 0.25) is 0 Å². The average molecular weight is 439 g/mol. The molecule has 0 saturated carbocycles. The van der Waals surface area contributed by atoms with Crippen LogP contribution >= 0.6 is 0 Å². The highest BCUT2D eigenvalue weighted by Gasteiger charge is 2.42. The number of esters is 4. The molecule has 2 aliphatic carbocycles. The smallest absolute Gasteiger partial charge is 0.312 e. The van der Waals surface area contributed by atoms with Crippen molar-refractivity contribution in [1.29, 1.82) is 0 Å². The second-order valence-electron chi connectivity index (χ2n) is 8.03. The largest absolute Gasteiger partial charge is 0.469 e. The number of allylic oxidation sites excluding steroid dienone is 4. The van der Waals surface area contributed by atoms with Crippen molar-refractivity contribution >= 4 is 23.9 Å². The first kappa shape index (κ1) is 26.4. The lowest BCUT2D eigenvalue weighted by Gasteiger charge is -2.32. The molecule has 0 spiro atoms. The van der Waals surface area contributed by atoms with Gasteiger partial charge in [-0.3, -0.25) is 19.2 Å². The molecule has 8 nitrogen and oxygen atoms in total. The quantitative estimate of drug-likeness (QED) is 0.366. The maximum Gasteiger partial charge on any atom is 0.312 e. The van der Waals surface area contributed by atoms with Crippen molar-refractivity contribution in [2.24, 2.45) is 17.3 Å².